The molecule has 236 valence electrons. The van der Waals surface area contributed by atoms with E-state index >= 15 is 4.39 Å². The third-order valence-electron chi connectivity index (χ3n) is 8.33. The minimum absolute atomic E-state index is 0.130. The highest BCUT2D eigenvalue weighted by atomic mass is 19.1. The Balaban J connectivity index is 1.46. The number of nitrogens with one attached hydrogen (secondary N) is 1. The van der Waals surface area contributed by atoms with E-state index in [4.69, 9.17) is 9.47 Å². The van der Waals surface area contributed by atoms with Crippen molar-refractivity contribution in [1.82, 2.24) is 14.9 Å². The van der Waals surface area contributed by atoms with Crippen LogP contribution in [0.15, 0.2) is 73.2 Å². The molecule has 1 aliphatic rings. The number of aromatic nitrogens is 2. The summed E-state index contributed by atoms with van der Waals surface area (Å²) < 4.78 is 27.0. The fourth-order valence-corrected chi connectivity index (χ4v) is 5.75. The van der Waals surface area contributed by atoms with Crippen molar-refractivity contribution >= 4 is 23.3 Å². The number of hydrogen-bond acceptors (Lipinski definition) is 8. The molecule has 45 heavy (non-hydrogen) atoms. The van der Waals surface area contributed by atoms with Crippen molar-refractivity contribution in [3.05, 3.63) is 101 Å². The number of aryl methyl sites for hydroxylation is 3. The van der Waals surface area contributed by atoms with Crippen molar-refractivity contribution in [3.63, 3.8) is 0 Å². The van der Waals surface area contributed by atoms with Gasteiger partial charge in [-0.05, 0) is 87.8 Å². The number of methoxy groups -OCH3 is 1. The second kappa shape index (κ2) is 13.9. The number of ether oxygens (including phenoxy) is 2. The molecule has 5 rings (SSSR count). The third-order valence-corrected chi connectivity index (χ3v) is 8.33. The van der Waals surface area contributed by atoms with Gasteiger partial charge in [-0.2, -0.15) is 0 Å². The van der Waals surface area contributed by atoms with Gasteiger partial charge in [0.1, 0.15) is 29.5 Å². The summed E-state index contributed by atoms with van der Waals surface area (Å²) in [7, 11) is 3.70. The Morgan fingerprint density at radius 3 is 2.42 bits per heavy atom. The molecule has 0 radical (unpaired) electrons. The maximum atomic E-state index is 15.6. The molecule has 1 saturated heterocycles. The number of likely N-dealkylation sites (N-methyl/N-ethyl adjacent to an activating group) is 1. The first kappa shape index (κ1) is 31.7. The quantitative estimate of drug-likeness (QED) is 0.228. The van der Waals surface area contributed by atoms with Gasteiger partial charge in [0.2, 0.25) is 0 Å². The topological polar surface area (TPSA) is 83.1 Å². The van der Waals surface area contributed by atoms with Gasteiger partial charge in [-0.3, -0.25) is 4.90 Å². The Labute approximate surface area is 264 Å². The van der Waals surface area contributed by atoms with Crippen molar-refractivity contribution in [2.24, 2.45) is 0 Å². The van der Waals surface area contributed by atoms with Crippen molar-refractivity contribution in [3.8, 4) is 11.5 Å². The van der Waals surface area contributed by atoms with Crippen LogP contribution in [0, 0.1) is 26.6 Å². The van der Waals surface area contributed by atoms with E-state index in [1.165, 1.54) is 17.3 Å². The van der Waals surface area contributed by atoms with Gasteiger partial charge in [-0.15, -0.1) is 0 Å². The number of carbonyl (C=O) groups is 1. The Kier molecular flexibility index (Phi) is 9.83. The summed E-state index contributed by atoms with van der Waals surface area (Å²) in [6.45, 7) is 10.5. The minimum Gasteiger partial charge on any atom is -0.497 e. The fraction of sp³-hybridized carbons (Fsp3) is 0.343. The molecule has 1 aliphatic heterocycles. The molecule has 3 aromatic carbocycles. The van der Waals surface area contributed by atoms with Gasteiger partial charge < -0.3 is 24.6 Å². The Hall–Kier alpha value is -4.70. The minimum atomic E-state index is -0.588. The highest BCUT2D eigenvalue weighted by Crippen LogP contribution is 2.31. The third kappa shape index (κ3) is 7.51. The molecule has 1 fully saturated rings. The lowest BCUT2D eigenvalue weighted by molar-refractivity contribution is 0.206. The molecule has 0 spiro atoms. The number of rotatable bonds is 9. The van der Waals surface area contributed by atoms with E-state index in [1.54, 1.807) is 19.4 Å². The highest BCUT2D eigenvalue weighted by molar-refractivity contribution is 5.88. The van der Waals surface area contributed by atoms with Gasteiger partial charge in [0, 0.05) is 37.6 Å². The molecule has 1 N–H and O–H groups in total. The average Bonchev–Trinajstić information content (AvgIpc) is 3.03. The second-order valence-electron chi connectivity index (χ2n) is 11.7. The smallest absolute Gasteiger partial charge is 0.421 e. The SMILES string of the molecule is COc1ccc(C(CN(C(=O)Oc2c(C)cc(C)cc2C)c2ccncn2)Nc2ccc(N3CCN(C)C(C)C3)c(F)c2)cc1. The zero-order chi connectivity index (χ0) is 32.1. The summed E-state index contributed by atoms with van der Waals surface area (Å²) in [4.78, 5) is 28.1. The number of benzene rings is 3. The summed E-state index contributed by atoms with van der Waals surface area (Å²) in [6.07, 6.45) is 2.38. The number of piperazine rings is 1. The molecule has 0 bridgehead atoms. The molecule has 9 nitrogen and oxygen atoms in total. The number of nitrogens with zero attached hydrogens (tertiary/aromatic N) is 5. The van der Waals surface area contributed by atoms with E-state index in [9.17, 15) is 4.79 Å². The largest absolute Gasteiger partial charge is 0.497 e. The molecule has 2 heterocycles. The van der Waals surface area contributed by atoms with Crippen LogP contribution in [0.2, 0.25) is 0 Å². The molecule has 4 aromatic rings. The van der Waals surface area contributed by atoms with Crippen LogP contribution in [0.3, 0.4) is 0 Å². The number of halogens is 1. The number of hydrogen-bond donors (Lipinski definition) is 1. The first-order chi connectivity index (χ1) is 21.6. The maximum absolute atomic E-state index is 15.6. The predicted molar refractivity (Wildman–Crippen MR) is 176 cm³/mol. The zero-order valence-electron chi connectivity index (χ0n) is 26.8. The first-order valence-corrected chi connectivity index (χ1v) is 15.1. The molecule has 0 aliphatic carbocycles. The molecular weight excluding hydrogens is 571 g/mol. The molecule has 10 heteroatoms. The molecular formula is C35H41FN6O3. The summed E-state index contributed by atoms with van der Waals surface area (Å²) >= 11 is 0. The zero-order valence-corrected chi connectivity index (χ0v) is 26.8. The van der Waals surface area contributed by atoms with Crippen LogP contribution in [-0.4, -0.2) is 67.3 Å². The lowest BCUT2D eigenvalue weighted by atomic mass is 10.0. The van der Waals surface area contributed by atoms with Crippen molar-refractivity contribution in [2.45, 2.75) is 39.8 Å². The number of anilines is 3. The van der Waals surface area contributed by atoms with E-state index in [-0.39, 0.29) is 12.4 Å². The van der Waals surface area contributed by atoms with E-state index in [0.29, 0.717) is 34.7 Å². The predicted octanol–water partition coefficient (Wildman–Crippen LogP) is 6.55. The maximum Gasteiger partial charge on any atom is 0.421 e. The second-order valence-corrected chi connectivity index (χ2v) is 11.7. The van der Waals surface area contributed by atoms with Crippen molar-refractivity contribution in [1.29, 1.82) is 0 Å². The average molecular weight is 613 g/mol. The van der Waals surface area contributed by atoms with Crippen LogP contribution in [-0.2, 0) is 0 Å². The fourth-order valence-electron chi connectivity index (χ4n) is 5.75. The monoisotopic (exact) mass is 612 g/mol. The summed E-state index contributed by atoms with van der Waals surface area (Å²) in [6, 6.07) is 18.3. The Morgan fingerprint density at radius 1 is 1.07 bits per heavy atom. The van der Waals surface area contributed by atoms with Crippen LogP contribution in [0.25, 0.3) is 0 Å². The van der Waals surface area contributed by atoms with Crippen LogP contribution >= 0.6 is 0 Å². The van der Waals surface area contributed by atoms with E-state index in [0.717, 1.165) is 41.9 Å². The van der Waals surface area contributed by atoms with Crippen LogP contribution in [0.5, 0.6) is 11.5 Å². The van der Waals surface area contributed by atoms with Crippen molar-refractivity contribution < 1.29 is 18.7 Å². The van der Waals surface area contributed by atoms with Gasteiger partial charge in [0.15, 0.2) is 0 Å². The number of carbonyl (C=O) groups excluding carboxylic acids is 1. The van der Waals surface area contributed by atoms with E-state index in [1.807, 2.05) is 69.3 Å². The van der Waals surface area contributed by atoms with E-state index in [2.05, 4.69) is 39.1 Å². The molecule has 0 saturated carbocycles. The first-order valence-electron chi connectivity index (χ1n) is 15.1. The van der Waals surface area contributed by atoms with Gasteiger partial charge >= 0.3 is 6.09 Å². The molecule has 2 atom stereocenters. The van der Waals surface area contributed by atoms with Gasteiger partial charge in [0.25, 0.3) is 0 Å². The standard InChI is InChI=1S/C35H41FN6O3/c1-23-17-24(2)34(25(3)18-23)45-35(43)42(33-13-14-37-22-38-33)21-31(27-7-10-29(44-6)11-8-27)39-28-9-12-32(30(36)19-28)41-16-15-40(5)26(4)20-41/h7-14,17-19,22,26,31,39H,15-16,20-21H2,1-6H3. The molecule has 1 amide bonds. The highest BCUT2D eigenvalue weighted by Gasteiger charge is 2.27. The lowest BCUT2D eigenvalue weighted by Gasteiger charge is -2.39. The normalized spacial score (nSPS) is 15.8. The van der Waals surface area contributed by atoms with Gasteiger partial charge in [-0.25, -0.2) is 19.2 Å². The molecule has 2 unspecified atom stereocenters. The van der Waals surface area contributed by atoms with Crippen LogP contribution in [0.1, 0.15) is 35.2 Å². The molecule has 1 aromatic heterocycles. The van der Waals surface area contributed by atoms with Crippen LogP contribution in [0.4, 0.5) is 26.4 Å². The Morgan fingerprint density at radius 2 is 1.80 bits per heavy atom. The van der Waals surface area contributed by atoms with E-state index < -0.39 is 12.1 Å². The van der Waals surface area contributed by atoms with Gasteiger partial charge in [0.05, 0.1) is 25.4 Å². The Bertz CT molecular complexity index is 1590. The number of amides is 1. The lowest BCUT2D eigenvalue weighted by Crippen LogP contribution is -2.50. The van der Waals surface area contributed by atoms with Crippen molar-refractivity contribution in [2.75, 3.05) is 55.5 Å². The summed E-state index contributed by atoms with van der Waals surface area (Å²) in [5.74, 6) is 1.28. The van der Waals surface area contributed by atoms with Gasteiger partial charge in [-0.1, -0.05) is 29.8 Å². The summed E-state index contributed by atoms with van der Waals surface area (Å²) in [5.41, 5.74) is 4.83. The summed E-state index contributed by atoms with van der Waals surface area (Å²) in [5, 5.41) is 3.47. The van der Waals surface area contributed by atoms with Crippen LogP contribution < -0.4 is 24.6 Å².